The number of esters is 1. The van der Waals surface area contributed by atoms with Crippen LogP contribution < -0.4 is 10.6 Å². The minimum atomic E-state index is -4.21. The molecule has 1 saturated carbocycles. The van der Waals surface area contributed by atoms with Gasteiger partial charge in [-0.25, -0.2) is 9.59 Å². The van der Waals surface area contributed by atoms with E-state index >= 15 is 0 Å². The first-order valence-electron chi connectivity index (χ1n) is 14.5. The van der Waals surface area contributed by atoms with Crippen molar-refractivity contribution in [3.8, 4) is 0 Å². The Morgan fingerprint density at radius 3 is 2.32 bits per heavy atom. The number of amides is 2. The number of nitrogens with one attached hydrogen (secondary N) is 2. The number of hydrogen-bond donors (Lipinski definition) is 4. The van der Waals surface area contributed by atoms with Crippen LogP contribution in [0.3, 0.4) is 0 Å². The number of hydrogen-bond acceptors (Lipinski definition) is 7. The van der Waals surface area contributed by atoms with Crippen molar-refractivity contribution < 1.29 is 38.4 Å². The zero-order valence-electron chi connectivity index (χ0n) is 24.8. The molecule has 4 atom stereocenters. The lowest BCUT2D eigenvalue weighted by Crippen LogP contribution is -2.63. The topological polar surface area (TPSA) is 154 Å². The summed E-state index contributed by atoms with van der Waals surface area (Å²) in [5.74, 6) is -2.15. The van der Waals surface area contributed by atoms with Gasteiger partial charge in [0.05, 0.1) is 6.04 Å². The van der Waals surface area contributed by atoms with Gasteiger partial charge in [-0.3, -0.25) is 9.36 Å². The molecule has 1 heterocycles. The number of aliphatic hydroxyl groups is 1. The van der Waals surface area contributed by atoms with Crippen molar-refractivity contribution in [2.24, 2.45) is 11.8 Å². The molecule has 41 heavy (non-hydrogen) atoms. The maximum Gasteiger partial charge on any atom is 0.408 e. The SMILES string of the molecule is CC(C)[C@H](NC(=O)OC(C)(C)C)C(=O)N[C@@H]1CCN(P(=O)(O)CC2CCCCC2)[C@]1(O)C(=O)OCc1ccccc1. The lowest BCUT2D eigenvalue weighted by atomic mass is 9.91. The fourth-order valence-electron chi connectivity index (χ4n) is 5.48. The highest BCUT2D eigenvalue weighted by molar-refractivity contribution is 7.55. The van der Waals surface area contributed by atoms with Crippen molar-refractivity contribution in [2.45, 2.75) is 103 Å². The van der Waals surface area contributed by atoms with Crippen LogP contribution in [0.25, 0.3) is 0 Å². The van der Waals surface area contributed by atoms with Crippen LogP contribution in [0.2, 0.25) is 0 Å². The van der Waals surface area contributed by atoms with E-state index in [0.717, 1.165) is 36.8 Å². The molecule has 0 spiro atoms. The maximum absolute atomic E-state index is 13.8. The summed E-state index contributed by atoms with van der Waals surface area (Å²) < 4.78 is 25.4. The van der Waals surface area contributed by atoms with Crippen molar-refractivity contribution in [3.05, 3.63) is 35.9 Å². The Bertz CT molecular complexity index is 1100. The molecule has 0 radical (unpaired) electrons. The normalized spacial score (nSPS) is 24.3. The van der Waals surface area contributed by atoms with E-state index in [1.54, 1.807) is 58.9 Å². The molecule has 3 rings (SSSR count). The van der Waals surface area contributed by atoms with Gasteiger partial charge in [0.25, 0.3) is 7.52 Å². The van der Waals surface area contributed by atoms with Crippen LogP contribution in [-0.2, 0) is 30.2 Å². The van der Waals surface area contributed by atoms with E-state index in [0.29, 0.717) is 5.56 Å². The van der Waals surface area contributed by atoms with Gasteiger partial charge in [0.1, 0.15) is 18.2 Å². The first kappa shape index (κ1) is 33.0. The molecule has 1 saturated heterocycles. The van der Waals surface area contributed by atoms with Crippen LogP contribution in [0.1, 0.15) is 78.7 Å². The molecule has 0 bridgehead atoms. The van der Waals surface area contributed by atoms with Crippen molar-refractivity contribution in [1.82, 2.24) is 15.3 Å². The van der Waals surface area contributed by atoms with Gasteiger partial charge in [-0.15, -0.1) is 0 Å². The van der Waals surface area contributed by atoms with Crippen LogP contribution in [0.4, 0.5) is 4.79 Å². The van der Waals surface area contributed by atoms with Crippen LogP contribution in [0.5, 0.6) is 0 Å². The summed E-state index contributed by atoms with van der Waals surface area (Å²) in [4.78, 5) is 50.6. The van der Waals surface area contributed by atoms with E-state index in [-0.39, 0.29) is 37.6 Å². The van der Waals surface area contributed by atoms with Gasteiger partial charge in [-0.05, 0) is 57.4 Å². The largest absolute Gasteiger partial charge is 0.458 e. The molecule has 2 fully saturated rings. The third-order valence-corrected chi connectivity index (χ3v) is 9.81. The highest BCUT2D eigenvalue weighted by atomic mass is 31.2. The van der Waals surface area contributed by atoms with E-state index in [1.165, 1.54) is 0 Å². The molecule has 11 nitrogen and oxygen atoms in total. The Morgan fingerprint density at radius 2 is 1.73 bits per heavy atom. The van der Waals surface area contributed by atoms with Crippen LogP contribution >= 0.6 is 7.52 Å². The number of rotatable bonds is 10. The smallest absolute Gasteiger partial charge is 0.408 e. The van der Waals surface area contributed by atoms with Crippen molar-refractivity contribution in [3.63, 3.8) is 0 Å². The second kappa shape index (κ2) is 13.7. The Morgan fingerprint density at radius 1 is 1.10 bits per heavy atom. The van der Waals surface area contributed by atoms with E-state index in [2.05, 4.69) is 10.6 Å². The van der Waals surface area contributed by atoms with E-state index < -0.39 is 48.9 Å². The minimum Gasteiger partial charge on any atom is -0.458 e. The molecule has 4 N–H and O–H groups in total. The lowest BCUT2D eigenvalue weighted by Gasteiger charge is -2.39. The predicted molar refractivity (Wildman–Crippen MR) is 154 cm³/mol. The molecule has 12 heteroatoms. The summed E-state index contributed by atoms with van der Waals surface area (Å²) in [7, 11) is -4.21. The molecule has 0 aromatic heterocycles. The Hall–Kier alpha value is -2.46. The maximum atomic E-state index is 13.8. The summed E-state index contributed by atoms with van der Waals surface area (Å²) in [5, 5.41) is 17.1. The second-order valence-corrected chi connectivity index (χ2v) is 14.7. The quantitative estimate of drug-likeness (QED) is 0.233. The average Bonchev–Trinajstić information content (AvgIpc) is 3.23. The number of nitrogens with zero attached hydrogens (tertiary/aromatic N) is 1. The molecule has 1 aliphatic heterocycles. The Labute approximate surface area is 242 Å². The number of carbonyl (C=O) groups is 3. The highest BCUT2D eigenvalue weighted by Crippen LogP contribution is 2.55. The second-order valence-electron chi connectivity index (χ2n) is 12.5. The standard InChI is InChI=1S/C29H46N3O8P/c1-20(2)24(31-27(35)40-28(3,4)5)25(33)30-23-16-17-32(41(37,38)19-22-14-10-7-11-15-22)29(23,36)26(34)39-18-21-12-8-6-9-13-21/h6,8-9,12-13,20,22-24,36H,7,10-11,14-19H2,1-5H3,(H,30,33)(H,31,35)(H,37,38)/t23-,24+,29-/m1/s1. The van der Waals surface area contributed by atoms with Crippen molar-refractivity contribution >= 4 is 25.5 Å². The van der Waals surface area contributed by atoms with Crippen LogP contribution in [0.15, 0.2) is 30.3 Å². The fraction of sp³-hybridized carbons (Fsp3) is 0.690. The highest BCUT2D eigenvalue weighted by Gasteiger charge is 2.61. The number of carbonyl (C=O) groups excluding carboxylic acids is 3. The molecular weight excluding hydrogens is 549 g/mol. The Balaban J connectivity index is 1.84. The summed E-state index contributed by atoms with van der Waals surface area (Å²) in [6.45, 7) is 8.30. The lowest BCUT2D eigenvalue weighted by molar-refractivity contribution is -0.181. The molecule has 1 aliphatic carbocycles. The van der Waals surface area contributed by atoms with E-state index in [4.69, 9.17) is 9.47 Å². The third kappa shape index (κ3) is 8.77. The van der Waals surface area contributed by atoms with Gasteiger partial charge in [0.15, 0.2) is 0 Å². The molecule has 1 aromatic carbocycles. The van der Waals surface area contributed by atoms with E-state index in [1.807, 2.05) is 6.07 Å². The van der Waals surface area contributed by atoms with Gasteiger partial charge >= 0.3 is 12.1 Å². The van der Waals surface area contributed by atoms with Crippen LogP contribution in [-0.4, -0.2) is 68.8 Å². The molecule has 1 unspecified atom stereocenters. The first-order valence-corrected chi connectivity index (χ1v) is 16.3. The summed E-state index contributed by atoms with van der Waals surface area (Å²) in [5.41, 5.74) is -2.70. The zero-order chi connectivity index (χ0) is 30.4. The van der Waals surface area contributed by atoms with Crippen molar-refractivity contribution in [1.29, 1.82) is 0 Å². The number of ether oxygens (including phenoxy) is 2. The summed E-state index contributed by atoms with van der Waals surface area (Å²) in [6.07, 6.45) is 3.80. The predicted octanol–water partition coefficient (Wildman–Crippen LogP) is 3.92. The van der Waals surface area contributed by atoms with E-state index in [9.17, 15) is 28.9 Å². The first-order chi connectivity index (χ1) is 19.1. The molecule has 1 aromatic rings. The van der Waals surface area contributed by atoms with Gasteiger partial charge in [0, 0.05) is 12.7 Å². The third-order valence-electron chi connectivity index (χ3n) is 7.56. The zero-order valence-corrected chi connectivity index (χ0v) is 25.7. The number of alkyl carbamates (subject to hydrolysis) is 1. The van der Waals surface area contributed by atoms with Gasteiger partial charge < -0.3 is 30.1 Å². The van der Waals surface area contributed by atoms with Crippen molar-refractivity contribution in [2.75, 3.05) is 12.7 Å². The van der Waals surface area contributed by atoms with Crippen LogP contribution in [0, 0.1) is 11.8 Å². The molecular formula is C29H46N3O8P. The fourth-order valence-corrected chi connectivity index (χ4v) is 7.84. The summed E-state index contributed by atoms with van der Waals surface area (Å²) in [6, 6.07) is 6.56. The van der Waals surface area contributed by atoms with Gasteiger partial charge in [-0.1, -0.05) is 63.4 Å². The molecule has 2 aliphatic rings. The summed E-state index contributed by atoms with van der Waals surface area (Å²) >= 11 is 0. The van der Waals surface area contributed by atoms with Gasteiger partial charge in [0.2, 0.25) is 11.6 Å². The number of benzene rings is 1. The Kier molecular flexibility index (Phi) is 11.0. The molecule has 2 amide bonds. The molecule has 230 valence electrons. The van der Waals surface area contributed by atoms with Gasteiger partial charge in [-0.2, -0.15) is 4.67 Å². The monoisotopic (exact) mass is 595 g/mol. The average molecular weight is 596 g/mol. The minimum absolute atomic E-state index is 0.00108.